The molecular formula is C14H22N2O. The fourth-order valence-electron chi connectivity index (χ4n) is 2.51. The van der Waals surface area contributed by atoms with Crippen LogP contribution in [-0.2, 0) is 6.54 Å². The molecule has 1 aliphatic heterocycles. The van der Waals surface area contributed by atoms with Crippen LogP contribution in [0.1, 0.15) is 32.3 Å². The van der Waals surface area contributed by atoms with Crippen molar-refractivity contribution in [1.29, 1.82) is 0 Å². The summed E-state index contributed by atoms with van der Waals surface area (Å²) in [5, 5.41) is 0. The predicted octanol–water partition coefficient (Wildman–Crippen LogP) is 2.65. The van der Waals surface area contributed by atoms with Gasteiger partial charge in [0.15, 0.2) is 0 Å². The number of hydrogen-bond acceptors (Lipinski definition) is 3. The van der Waals surface area contributed by atoms with E-state index in [-0.39, 0.29) is 5.54 Å². The summed E-state index contributed by atoms with van der Waals surface area (Å²) in [6.45, 7) is 6.67. The highest BCUT2D eigenvalue weighted by molar-refractivity contribution is 5.50. The Balaban J connectivity index is 2.18. The molecule has 0 atom stereocenters. The summed E-state index contributed by atoms with van der Waals surface area (Å²) in [6.07, 6.45) is 2.54. The van der Waals surface area contributed by atoms with Crippen molar-refractivity contribution >= 4 is 5.69 Å². The molecule has 0 aliphatic carbocycles. The molecule has 0 radical (unpaired) electrons. The van der Waals surface area contributed by atoms with Crippen molar-refractivity contribution in [2.75, 3.05) is 19.4 Å². The SMILES string of the molecule is COc1ccc(N)c(CN2CCCC2(C)C)c1. The normalized spacial score (nSPS) is 19.5. The molecule has 1 heterocycles. The zero-order valence-corrected chi connectivity index (χ0v) is 11.0. The number of rotatable bonds is 3. The molecule has 2 rings (SSSR count). The van der Waals surface area contributed by atoms with Gasteiger partial charge in [-0.2, -0.15) is 0 Å². The summed E-state index contributed by atoms with van der Waals surface area (Å²) >= 11 is 0. The molecule has 2 N–H and O–H groups in total. The van der Waals surface area contributed by atoms with Crippen LogP contribution in [0, 0.1) is 0 Å². The van der Waals surface area contributed by atoms with Crippen LogP contribution >= 0.6 is 0 Å². The molecule has 3 heteroatoms. The van der Waals surface area contributed by atoms with Gasteiger partial charge in [0, 0.05) is 17.8 Å². The second kappa shape index (κ2) is 4.57. The lowest BCUT2D eigenvalue weighted by molar-refractivity contribution is 0.166. The molecule has 17 heavy (non-hydrogen) atoms. The van der Waals surface area contributed by atoms with Crippen LogP contribution < -0.4 is 10.5 Å². The number of ether oxygens (including phenoxy) is 1. The van der Waals surface area contributed by atoms with Crippen molar-refractivity contribution in [1.82, 2.24) is 4.90 Å². The van der Waals surface area contributed by atoms with Gasteiger partial charge in [0.2, 0.25) is 0 Å². The van der Waals surface area contributed by atoms with Crippen molar-refractivity contribution < 1.29 is 4.74 Å². The van der Waals surface area contributed by atoms with E-state index in [1.165, 1.54) is 18.4 Å². The molecule has 0 amide bonds. The second-order valence-corrected chi connectivity index (χ2v) is 5.40. The van der Waals surface area contributed by atoms with Gasteiger partial charge in [-0.3, -0.25) is 4.90 Å². The van der Waals surface area contributed by atoms with Gasteiger partial charge in [-0.15, -0.1) is 0 Å². The van der Waals surface area contributed by atoms with E-state index in [0.717, 1.165) is 24.5 Å². The third-order valence-corrected chi connectivity index (χ3v) is 3.78. The van der Waals surface area contributed by atoms with Gasteiger partial charge in [-0.25, -0.2) is 0 Å². The summed E-state index contributed by atoms with van der Waals surface area (Å²) in [5.41, 5.74) is 8.34. The van der Waals surface area contributed by atoms with E-state index >= 15 is 0 Å². The molecule has 1 fully saturated rings. The topological polar surface area (TPSA) is 38.5 Å². The monoisotopic (exact) mass is 234 g/mol. The summed E-state index contributed by atoms with van der Waals surface area (Å²) in [7, 11) is 1.69. The molecule has 0 bridgehead atoms. The third-order valence-electron chi connectivity index (χ3n) is 3.78. The van der Waals surface area contributed by atoms with Crippen LogP contribution in [0.15, 0.2) is 18.2 Å². The summed E-state index contributed by atoms with van der Waals surface area (Å²) in [4.78, 5) is 2.50. The Morgan fingerprint density at radius 2 is 2.18 bits per heavy atom. The maximum Gasteiger partial charge on any atom is 0.119 e. The summed E-state index contributed by atoms with van der Waals surface area (Å²) in [5.74, 6) is 0.881. The molecule has 1 aromatic rings. The number of anilines is 1. The summed E-state index contributed by atoms with van der Waals surface area (Å²) < 4.78 is 5.25. The van der Waals surface area contributed by atoms with E-state index in [1.54, 1.807) is 7.11 Å². The van der Waals surface area contributed by atoms with Crippen molar-refractivity contribution in [3.8, 4) is 5.75 Å². The maximum atomic E-state index is 6.03. The number of methoxy groups -OCH3 is 1. The van der Waals surface area contributed by atoms with Crippen LogP contribution in [0.4, 0.5) is 5.69 Å². The van der Waals surface area contributed by atoms with Gasteiger partial charge in [-0.05, 0) is 57.0 Å². The van der Waals surface area contributed by atoms with Crippen molar-refractivity contribution in [2.45, 2.75) is 38.8 Å². The molecular weight excluding hydrogens is 212 g/mol. The third kappa shape index (κ3) is 2.55. The molecule has 0 aromatic heterocycles. The molecule has 0 saturated carbocycles. The lowest BCUT2D eigenvalue weighted by atomic mass is 10.0. The first kappa shape index (κ1) is 12.2. The number of benzene rings is 1. The number of likely N-dealkylation sites (tertiary alicyclic amines) is 1. The first-order valence-corrected chi connectivity index (χ1v) is 6.20. The molecule has 1 aromatic carbocycles. The van der Waals surface area contributed by atoms with Gasteiger partial charge in [0.25, 0.3) is 0 Å². The van der Waals surface area contributed by atoms with E-state index in [1.807, 2.05) is 18.2 Å². The highest BCUT2D eigenvalue weighted by Crippen LogP contribution is 2.31. The average Bonchev–Trinajstić information content (AvgIpc) is 2.61. The maximum absolute atomic E-state index is 6.03. The number of nitrogen functional groups attached to an aromatic ring is 1. The lowest BCUT2D eigenvalue weighted by Crippen LogP contribution is -2.37. The minimum Gasteiger partial charge on any atom is -0.497 e. The molecule has 0 spiro atoms. The minimum atomic E-state index is 0.287. The Bertz CT molecular complexity index is 401. The average molecular weight is 234 g/mol. The Hall–Kier alpha value is -1.22. The van der Waals surface area contributed by atoms with Crippen molar-refractivity contribution in [2.24, 2.45) is 0 Å². The second-order valence-electron chi connectivity index (χ2n) is 5.40. The van der Waals surface area contributed by atoms with Crippen LogP contribution in [-0.4, -0.2) is 24.1 Å². The smallest absolute Gasteiger partial charge is 0.119 e. The van der Waals surface area contributed by atoms with Gasteiger partial charge in [-0.1, -0.05) is 0 Å². The van der Waals surface area contributed by atoms with Crippen LogP contribution in [0.25, 0.3) is 0 Å². The highest BCUT2D eigenvalue weighted by atomic mass is 16.5. The Morgan fingerprint density at radius 1 is 1.41 bits per heavy atom. The number of nitrogens with zero attached hydrogens (tertiary/aromatic N) is 1. The minimum absolute atomic E-state index is 0.287. The first-order valence-electron chi connectivity index (χ1n) is 6.20. The highest BCUT2D eigenvalue weighted by Gasteiger charge is 2.31. The number of nitrogens with two attached hydrogens (primary N) is 1. The van der Waals surface area contributed by atoms with Gasteiger partial charge in [0.1, 0.15) is 5.75 Å². The fourth-order valence-corrected chi connectivity index (χ4v) is 2.51. The van der Waals surface area contributed by atoms with Crippen molar-refractivity contribution in [3.63, 3.8) is 0 Å². The Labute approximate surface area is 104 Å². The Morgan fingerprint density at radius 3 is 2.76 bits per heavy atom. The van der Waals surface area contributed by atoms with E-state index in [9.17, 15) is 0 Å². The Kier molecular flexibility index (Phi) is 3.29. The largest absolute Gasteiger partial charge is 0.497 e. The number of hydrogen-bond donors (Lipinski definition) is 1. The van der Waals surface area contributed by atoms with Crippen molar-refractivity contribution in [3.05, 3.63) is 23.8 Å². The predicted molar refractivity (Wildman–Crippen MR) is 71.1 cm³/mol. The molecule has 0 unspecified atom stereocenters. The van der Waals surface area contributed by atoms with Gasteiger partial charge in [0.05, 0.1) is 7.11 Å². The first-order chi connectivity index (χ1) is 8.03. The molecule has 1 aliphatic rings. The van der Waals surface area contributed by atoms with Crippen LogP contribution in [0.5, 0.6) is 5.75 Å². The van der Waals surface area contributed by atoms with E-state index in [2.05, 4.69) is 18.7 Å². The standard InChI is InChI=1S/C14H22N2O/c1-14(2)7-4-8-16(14)10-11-9-12(17-3)5-6-13(11)15/h5-6,9H,4,7-8,10,15H2,1-3H3. The quantitative estimate of drug-likeness (QED) is 0.817. The van der Waals surface area contributed by atoms with E-state index < -0.39 is 0 Å². The molecule has 1 saturated heterocycles. The zero-order chi connectivity index (χ0) is 12.5. The summed E-state index contributed by atoms with van der Waals surface area (Å²) in [6, 6.07) is 5.88. The van der Waals surface area contributed by atoms with E-state index in [4.69, 9.17) is 10.5 Å². The zero-order valence-electron chi connectivity index (χ0n) is 11.0. The fraction of sp³-hybridized carbons (Fsp3) is 0.571. The van der Waals surface area contributed by atoms with Crippen LogP contribution in [0.3, 0.4) is 0 Å². The van der Waals surface area contributed by atoms with Crippen LogP contribution in [0.2, 0.25) is 0 Å². The van der Waals surface area contributed by atoms with Gasteiger partial charge < -0.3 is 10.5 Å². The molecule has 3 nitrogen and oxygen atoms in total. The molecule has 94 valence electrons. The van der Waals surface area contributed by atoms with E-state index in [0.29, 0.717) is 0 Å². The van der Waals surface area contributed by atoms with Gasteiger partial charge >= 0.3 is 0 Å². The lowest BCUT2D eigenvalue weighted by Gasteiger charge is -2.32.